The van der Waals surface area contributed by atoms with Crippen molar-refractivity contribution in [2.75, 3.05) is 7.11 Å². The Hall–Kier alpha value is -3.36. The van der Waals surface area contributed by atoms with E-state index in [1.807, 2.05) is 6.92 Å². The monoisotopic (exact) mass is 459 g/mol. The van der Waals surface area contributed by atoms with E-state index in [0.29, 0.717) is 23.4 Å². The van der Waals surface area contributed by atoms with Crippen molar-refractivity contribution in [1.29, 1.82) is 0 Å². The van der Waals surface area contributed by atoms with Gasteiger partial charge in [0.05, 0.1) is 12.7 Å². The highest BCUT2D eigenvalue weighted by atomic mass is 16.6. The first-order valence-electron chi connectivity index (χ1n) is 10.9. The molecular weight excluding hydrogens is 426 g/mol. The van der Waals surface area contributed by atoms with E-state index in [-0.39, 0.29) is 24.2 Å². The number of hydrogen-bond donors (Lipinski definition) is 1. The number of aromatic nitrogens is 2. The maximum Gasteiger partial charge on any atom is 0.408 e. The van der Waals surface area contributed by atoms with Crippen LogP contribution < -0.4 is 16.6 Å². The van der Waals surface area contributed by atoms with Crippen molar-refractivity contribution in [3.63, 3.8) is 0 Å². The zero-order chi connectivity index (χ0) is 24.9. The molecule has 1 aromatic carbocycles. The van der Waals surface area contributed by atoms with Crippen LogP contribution in [0.1, 0.15) is 45.9 Å². The van der Waals surface area contributed by atoms with Crippen molar-refractivity contribution in [2.45, 2.75) is 72.7 Å². The summed E-state index contributed by atoms with van der Waals surface area (Å²) >= 11 is 0. The molecule has 0 unspecified atom stereocenters. The van der Waals surface area contributed by atoms with E-state index in [0.717, 1.165) is 5.56 Å². The minimum Gasteiger partial charge on any atom is -0.467 e. The smallest absolute Gasteiger partial charge is 0.408 e. The maximum absolute atomic E-state index is 13.0. The minimum absolute atomic E-state index is 0.179. The fraction of sp³-hybridized carbons (Fsp3) is 0.500. The molecular formula is C24H33N3O6. The van der Waals surface area contributed by atoms with E-state index >= 15 is 0 Å². The average Bonchev–Trinajstić information content (AvgIpc) is 2.73. The first kappa shape index (κ1) is 25.9. The Morgan fingerprint density at radius 2 is 1.61 bits per heavy atom. The van der Waals surface area contributed by atoms with Crippen molar-refractivity contribution >= 4 is 12.1 Å². The molecule has 2 aromatic rings. The number of alkyl carbamates (subject to hydrolysis) is 1. The molecule has 0 aliphatic rings. The van der Waals surface area contributed by atoms with Crippen LogP contribution in [-0.2, 0) is 33.8 Å². The molecule has 0 aliphatic carbocycles. The van der Waals surface area contributed by atoms with Crippen LogP contribution in [0.25, 0.3) is 11.1 Å². The Kier molecular flexibility index (Phi) is 8.24. The topological polar surface area (TPSA) is 109 Å². The number of nitrogens with one attached hydrogen (secondary N) is 1. The second-order valence-corrected chi connectivity index (χ2v) is 8.66. The number of amides is 1. The standard InChI is InChI=1S/C24H33N3O6/c1-8-26-15(3)19(20(28)27(9-2)23(26)31)17-12-10-16(11-13-17)14-18(21(29)32-7)25-22(30)33-24(4,5)6/h10-13,18H,8-9,14H2,1-7H3,(H,25,30)/t18-/m0/s1. The molecule has 0 aliphatic heterocycles. The van der Waals surface area contributed by atoms with Crippen LogP contribution in [0, 0.1) is 6.92 Å². The van der Waals surface area contributed by atoms with E-state index in [4.69, 9.17) is 9.47 Å². The molecule has 1 aromatic heterocycles. The van der Waals surface area contributed by atoms with Gasteiger partial charge in [0.25, 0.3) is 5.56 Å². The molecule has 0 bridgehead atoms. The Morgan fingerprint density at radius 3 is 2.09 bits per heavy atom. The van der Waals surface area contributed by atoms with Gasteiger partial charge in [0, 0.05) is 25.2 Å². The van der Waals surface area contributed by atoms with E-state index in [9.17, 15) is 19.2 Å². The van der Waals surface area contributed by atoms with Gasteiger partial charge in [-0.2, -0.15) is 0 Å². The Labute approximate surface area is 193 Å². The Balaban J connectivity index is 2.36. The summed E-state index contributed by atoms with van der Waals surface area (Å²) < 4.78 is 12.8. The molecule has 0 saturated carbocycles. The van der Waals surface area contributed by atoms with E-state index < -0.39 is 23.7 Å². The first-order valence-corrected chi connectivity index (χ1v) is 10.9. The third-order valence-electron chi connectivity index (χ3n) is 5.18. The normalized spacial score (nSPS) is 12.2. The third-order valence-corrected chi connectivity index (χ3v) is 5.18. The molecule has 1 heterocycles. The van der Waals surface area contributed by atoms with Crippen LogP contribution in [0.3, 0.4) is 0 Å². The van der Waals surface area contributed by atoms with Gasteiger partial charge in [-0.25, -0.2) is 14.4 Å². The maximum atomic E-state index is 13.0. The molecule has 9 heteroatoms. The van der Waals surface area contributed by atoms with Crippen LogP contribution in [0.4, 0.5) is 4.79 Å². The summed E-state index contributed by atoms with van der Waals surface area (Å²) in [7, 11) is 1.25. The molecule has 180 valence electrons. The summed E-state index contributed by atoms with van der Waals surface area (Å²) in [6, 6.07) is 6.16. The number of hydrogen-bond acceptors (Lipinski definition) is 6. The number of esters is 1. The predicted molar refractivity (Wildman–Crippen MR) is 125 cm³/mol. The predicted octanol–water partition coefficient (Wildman–Crippen LogP) is 2.63. The van der Waals surface area contributed by atoms with Gasteiger partial charge in [0.15, 0.2) is 0 Å². The number of nitrogens with zero attached hydrogens (tertiary/aromatic N) is 2. The van der Waals surface area contributed by atoms with Crippen LogP contribution in [0.5, 0.6) is 0 Å². The highest BCUT2D eigenvalue weighted by molar-refractivity contribution is 5.81. The van der Waals surface area contributed by atoms with Crippen molar-refractivity contribution in [3.05, 3.63) is 56.4 Å². The van der Waals surface area contributed by atoms with E-state index in [1.165, 1.54) is 11.7 Å². The number of rotatable bonds is 7. The number of ether oxygens (including phenoxy) is 2. The van der Waals surface area contributed by atoms with Crippen LogP contribution >= 0.6 is 0 Å². The zero-order valence-corrected chi connectivity index (χ0v) is 20.4. The van der Waals surface area contributed by atoms with E-state index in [1.54, 1.807) is 63.5 Å². The summed E-state index contributed by atoms with van der Waals surface area (Å²) in [6.07, 6.45) is -0.536. The van der Waals surface area contributed by atoms with Gasteiger partial charge in [-0.05, 0) is 52.7 Å². The van der Waals surface area contributed by atoms with Gasteiger partial charge in [0.2, 0.25) is 0 Å². The largest absolute Gasteiger partial charge is 0.467 e. The van der Waals surface area contributed by atoms with Gasteiger partial charge < -0.3 is 14.8 Å². The fourth-order valence-corrected chi connectivity index (χ4v) is 3.61. The van der Waals surface area contributed by atoms with E-state index in [2.05, 4.69) is 5.32 Å². The van der Waals surface area contributed by atoms with Crippen LogP contribution in [-0.4, -0.2) is 39.9 Å². The second-order valence-electron chi connectivity index (χ2n) is 8.66. The van der Waals surface area contributed by atoms with Crippen molar-refractivity contribution in [3.8, 4) is 11.1 Å². The number of methoxy groups -OCH3 is 1. The molecule has 0 fully saturated rings. The molecule has 0 saturated heterocycles. The van der Waals surface area contributed by atoms with Gasteiger partial charge in [0.1, 0.15) is 11.6 Å². The molecule has 0 spiro atoms. The number of carbonyl (C=O) groups is 2. The lowest BCUT2D eigenvalue weighted by Crippen LogP contribution is -2.45. The Morgan fingerprint density at radius 1 is 1.03 bits per heavy atom. The summed E-state index contributed by atoms with van der Waals surface area (Å²) in [6.45, 7) is 11.3. The quantitative estimate of drug-likeness (QED) is 0.638. The molecule has 2 rings (SSSR count). The SMILES string of the molecule is CCn1c(C)c(-c2ccc(C[C@H](NC(=O)OC(C)(C)C)C(=O)OC)cc2)c(=O)n(CC)c1=O. The van der Waals surface area contributed by atoms with Crippen molar-refractivity contribution in [1.82, 2.24) is 14.5 Å². The van der Waals surface area contributed by atoms with Crippen LogP contribution in [0.2, 0.25) is 0 Å². The van der Waals surface area contributed by atoms with Gasteiger partial charge in [-0.3, -0.25) is 13.9 Å². The van der Waals surface area contributed by atoms with Crippen molar-refractivity contribution in [2.24, 2.45) is 0 Å². The van der Waals surface area contributed by atoms with Gasteiger partial charge in [-0.1, -0.05) is 24.3 Å². The first-order chi connectivity index (χ1) is 15.4. The number of carbonyl (C=O) groups excluding carboxylic acids is 2. The minimum atomic E-state index is -0.934. The van der Waals surface area contributed by atoms with Crippen molar-refractivity contribution < 1.29 is 19.1 Å². The zero-order valence-electron chi connectivity index (χ0n) is 20.4. The summed E-state index contributed by atoms with van der Waals surface area (Å²) in [4.78, 5) is 49.8. The molecule has 1 amide bonds. The molecule has 9 nitrogen and oxygen atoms in total. The summed E-state index contributed by atoms with van der Waals surface area (Å²) in [5, 5.41) is 2.55. The summed E-state index contributed by atoms with van der Waals surface area (Å²) in [5.74, 6) is -0.596. The van der Waals surface area contributed by atoms with Crippen LogP contribution in [0.15, 0.2) is 33.9 Å². The third kappa shape index (κ3) is 6.12. The molecule has 33 heavy (non-hydrogen) atoms. The van der Waals surface area contributed by atoms with Gasteiger partial charge >= 0.3 is 17.8 Å². The van der Waals surface area contributed by atoms with Gasteiger partial charge in [-0.15, -0.1) is 0 Å². The second kappa shape index (κ2) is 10.5. The lowest BCUT2D eigenvalue weighted by molar-refractivity contribution is -0.143. The molecule has 1 N–H and O–H groups in total. The molecule has 0 radical (unpaired) electrons. The summed E-state index contributed by atoms with van der Waals surface area (Å²) in [5.41, 5.74) is 1.12. The lowest BCUT2D eigenvalue weighted by atomic mass is 10.00. The lowest BCUT2D eigenvalue weighted by Gasteiger charge is -2.22. The number of benzene rings is 1. The highest BCUT2D eigenvalue weighted by Crippen LogP contribution is 2.20. The highest BCUT2D eigenvalue weighted by Gasteiger charge is 2.25. The Bertz CT molecular complexity index is 1120. The average molecular weight is 460 g/mol. The molecule has 1 atom stereocenters. The fourth-order valence-electron chi connectivity index (χ4n) is 3.61.